The lowest BCUT2D eigenvalue weighted by atomic mass is 9.82. The molecular weight excluding hydrogens is 210 g/mol. The summed E-state index contributed by atoms with van der Waals surface area (Å²) in [6.45, 7) is 2.00. The summed E-state index contributed by atoms with van der Waals surface area (Å²) < 4.78 is 0. The largest absolute Gasteiger partial charge is 0.342 e. The average molecular weight is 229 g/mol. The molecule has 3 nitrogen and oxygen atoms in total. The number of aromatic amines is 1. The second-order valence-corrected chi connectivity index (χ2v) is 5.21. The average Bonchev–Trinajstić information content (AvgIpc) is 2.69. The summed E-state index contributed by atoms with van der Waals surface area (Å²) in [5.74, 6) is 1.67. The Morgan fingerprint density at radius 3 is 2.76 bits per heavy atom. The van der Waals surface area contributed by atoms with Crippen molar-refractivity contribution in [3.63, 3.8) is 0 Å². The smallest absolute Gasteiger partial charge is 0.104 e. The van der Waals surface area contributed by atoms with E-state index in [1.54, 1.807) is 0 Å². The van der Waals surface area contributed by atoms with Gasteiger partial charge in [0.1, 0.15) is 5.82 Å². The summed E-state index contributed by atoms with van der Waals surface area (Å²) in [7, 11) is 0. The van der Waals surface area contributed by atoms with Crippen LogP contribution >= 0.6 is 0 Å². The highest BCUT2D eigenvalue weighted by Crippen LogP contribution is 2.33. The number of hydrogen-bond donors (Lipinski definition) is 2. The third-order valence-electron chi connectivity index (χ3n) is 3.87. The molecule has 0 unspecified atom stereocenters. The Morgan fingerprint density at radius 1 is 1.24 bits per heavy atom. The molecule has 1 saturated carbocycles. The summed E-state index contributed by atoms with van der Waals surface area (Å²) in [5, 5.41) is 0. The Balaban J connectivity index is 1.89. The van der Waals surface area contributed by atoms with Gasteiger partial charge in [0.15, 0.2) is 0 Å². The lowest BCUT2D eigenvalue weighted by molar-refractivity contribution is 0.396. The van der Waals surface area contributed by atoms with E-state index in [1.165, 1.54) is 18.4 Å². The molecule has 1 aromatic carbocycles. The number of fused-ring (bicyclic) bond motifs is 1. The fraction of sp³-hybridized carbons (Fsp3) is 0.500. The Hall–Kier alpha value is -1.35. The molecule has 3 heteroatoms. The van der Waals surface area contributed by atoms with Gasteiger partial charge in [0.05, 0.1) is 11.0 Å². The van der Waals surface area contributed by atoms with Crippen molar-refractivity contribution in [2.45, 2.75) is 44.6 Å². The number of H-pyrrole nitrogens is 1. The standard InChI is InChI=1S/C14H19N3/c1-9-16-13-7-4-11(8-14(13)17-9)10-2-5-12(15)6-3-10/h4,7-8,10,12H,2-3,5-6,15H2,1H3,(H,16,17). The van der Waals surface area contributed by atoms with Crippen molar-refractivity contribution in [3.05, 3.63) is 29.6 Å². The molecular formula is C14H19N3. The summed E-state index contributed by atoms with van der Waals surface area (Å²) in [4.78, 5) is 7.75. The van der Waals surface area contributed by atoms with Crippen LogP contribution in [0.3, 0.4) is 0 Å². The molecule has 1 aromatic heterocycles. The number of imidazole rings is 1. The van der Waals surface area contributed by atoms with Crippen LogP contribution in [0.15, 0.2) is 18.2 Å². The topological polar surface area (TPSA) is 54.7 Å². The van der Waals surface area contributed by atoms with Gasteiger partial charge >= 0.3 is 0 Å². The van der Waals surface area contributed by atoms with Crippen LogP contribution in [0.4, 0.5) is 0 Å². The fourth-order valence-corrected chi connectivity index (χ4v) is 2.86. The first-order valence-electron chi connectivity index (χ1n) is 6.44. The summed E-state index contributed by atoms with van der Waals surface area (Å²) in [6.07, 6.45) is 4.76. The van der Waals surface area contributed by atoms with Crippen molar-refractivity contribution in [2.75, 3.05) is 0 Å². The number of nitrogens with zero attached hydrogens (tertiary/aromatic N) is 1. The van der Waals surface area contributed by atoms with Gasteiger partial charge in [-0.25, -0.2) is 4.98 Å². The van der Waals surface area contributed by atoms with Crippen molar-refractivity contribution < 1.29 is 0 Å². The Morgan fingerprint density at radius 2 is 2.00 bits per heavy atom. The predicted molar refractivity (Wildman–Crippen MR) is 70.0 cm³/mol. The summed E-state index contributed by atoms with van der Waals surface area (Å²) in [6, 6.07) is 7.04. The molecule has 3 rings (SSSR count). The van der Waals surface area contributed by atoms with Gasteiger partial charge in [-0.3, -0.25) is 0 Å². The maximum atomic E-state index is 5.95. The van der Waals surface area contributed by atoms with E-state index >= 15 is 0 Å². The van der Waals surface area contributed by atoms with Gasteiger partial charge in [0.2, 0.25) is 0 Å². The van der Waals surface area contributed by atoms with E-state index in [1.807, 2.05) is 6.92 Å². The SMILES string of the molecule is Cc1nc2ccc(C3CCC(N)CC3)cc2[nH]1. The highest BCUT2D eigenvalue weighted by atomic mass is 14.9. The number of nitrogens with two attached hydrogens (primary N) is 1. The van der Waals surface area contributed by atoms with Gasteiger partial charge in [0, 0.05) is 6.04 Å². The minimum atomic E-state index is 0.421. The van der Waals surface area contributed by atoms with Crippen molar-refractivity contribution in [1.82, 2.24) is 9.97 Å². The quantitative estimate of drug-likeness (QED) is 0.790. The van der Waals surface area contributed by atoms with Crippen LogP contribution in [0.1, 0.15) is 43.0 Å². The number of rotatable bonds is 1. The van der Waals surface area contributed by atoms with Crippen LogP contribution in [0.2, 0.25) is 0 Å². The Labute approximate surface area is 101 Å². The van der Waals surface area contributed by atoms with E-state index in [-0.39, 0.29) is 0 Å². The monoisotopic (exact) mass is 229 g/mol. The van der Waals surface area contributed by atoms with E-state index < -0.39 is 0 Å². The second-order valence-electron chi connectivity index (χ2n) is 5.21. The number of aromatic nitrogens is 2. The molecule has 0 radical (unpaired) electrons. The summed E-state index contributed by atoms with van der Waals surface area (Å²) >= 11 is 0. The van der Waals surface area contributed by atoms with Crippen LogP contribution < -0.4 is 5.73 Å². The molecule has 1 aliphatic carbocycles. The molecule has 0 amide bonds. The predicted octanol–water partition coefficient (Wildman–Crippen LogP) is 2.86. The van der Waals surface area contributed by atoms with Crippen molar-refractivity contribution >= 4 is 11.0 Å². The number of nitrogens with one attached hydrogen (secondary N) is 1. The first kappa shape index (κ1) is 10.8. The Bertz CT molecular complexity index is 521. The zero-order valence-corrected chi connectivity index (χ0v) is 10.2. The molecule has 2 aromatic rings. The maximum Gasteiger partial charge on any atom is 0.104 e. The van der Waals surface area contributed by atoms with Gasteiger partial charge in [0.25, 0.3) is 0 Å². The Kier molecular flexibility index (Phi) is 2.63. The van der Waals surface area contributed by atoms with Crippen LogP contribution in [0.25, 0.3) is 11.0 Å². The third-order valence-corrected chi connectivity index (χ3v) is 3.87. The molecule has 0 atom stereocenters. The fourth-order valence-electron chi connectivity index (χ4n) is 2.86. The molecule has 1 heterocycles. The second kappa shape index (κ2) is 4.15. The van der Waals surface area contributed by atoms with Crippen molar-refractivity contribution in [2.24, 2.45) is 5.73 Å². The first-order chi connectivity index (χ1) is 8.22. The van der Waals surface area contributed by atoms with E-state index in [9.17, 15) is 0 Å². The third kappa shape index (κ3) is 2.07. The lowest BCUT2D eigenvalue weighted by Gasteiger charge is -2.26. The molecule has 0 bridgehead atoms. The molecule has 3 N–H and O–H groups in total. The zero-order chi connectivity index (χ0) is 11.8. The molecule has 90 valence electrons. The molecule has 1 aliphatic rings. The van der Waals surface area contributed by atoms with E-state index in [0.29, 0.717) is 12.0 Å². The molecule has 0 aliphatic heterocycles. The zero-order valence-electron chi connectivity index (χ0n) is 10.2. The number of hydrogen-bond acceptors (Lipinski definition) is 2. The molecule has 17 heavy (non-hydrogen) atoms. The molecule has 0 spiro atoms. The normalized spacial score (nSPS) is 25.3. The van der Waals surface area contributed by atoms with E-state index in [0.717, 1.165) is 29.7 Å². The van der Waals surface area contributed by atoms with Crippen LogP contribution in [0, 0.1) is 6.92 Å². The van der Waals surface area contributed by atoms with E-state index in [4.69, 9.17) is 5.73 Å². The molecule has 0 saturated heterocycles. The van der Waals surface area contributed by atoms with Gasteiger partial charge in [-0.2, -0.15) is 0 Å². The van der Waals surface area contributed by atoms with Gasteiger partial charge < -0.3 is 10.7 Å². The number of aryl methyl sites for hydroxylation is 1. The minimum absolute atomic E-state index is 0.421. The van der Waals surface area contributed by atoms with Gasteiger partial charge in [-0.1, -0.05) is 6.07 Å². The maximum absolute atomic E-state index is 5.95. The highest BCUT2D eigenvalue weighted by molar-refractivity contribution is 5.76. The first-order valence-corrected chi connectivity index (χ1v) is 6.44. The lowest BCUT2D eigenvalue weighted by Crippen LogP contribution is -2.25. The number of benzene rings is 1. The van der Waals surface area contributed by atoms with Gasteiger partial charge in [-0.15, -0.1) is 0 Å². The van der Waals surface area contributed by atoms with Crippen molar-refractivity contribution in [1.29, 1.82) is 0 Å². The molecule has 1 fully saturated rings. The van der Waals surface area contributed by atoms with Gasteiger partial charge in [-0.05, 0) is 56.2 Å². The van der Waals surface area contributed by atoms with Crippen LogP contribution in [0.5, 0.6) is 0 Å². The minimum Gasteiger partial charge on any atom is -0.342 e. The van der Waals surface area contributed by atoms with Crippen LogP contribution in [-0.4, -0.2) is 16.0 Å². The highest BCUT2D eigenvalue weighted by Gasteiger charge is 2.20. The summed E-state index contributed by atoms with van der Waals surface area (Å²) in [5.41, 5.74) is 9.62. The van der Waals surface area contributed by atoms with Crippen molar-refractivity contribution in [3.8, 4) is 0 Å². The van der Waals surface area contributed by atoms with Crippen LogP contribution in [-0.2, 0) is 0 Å². The van der Waals surface area contributed by atoms with E-state index in [2.05, 4.69) is 28.2 Å².